The molecule has 0 atom stereocenters. The predicted molar refractivity (Wildman–Crippen MR) is 126 cm³/mol. The topological polar surface area (TPSA) is 88.7 Å². The van der Waals surface area contributed by atoms with Crippen LogP contribution in [0.2, 0.25) is 0 Å². The SMILES string of the molecule is OP(O)CCCCCCCC[n+]1ccc(-c2cc[n+](CCCCCP(O)O)cc2)cc1. The summed E-state index contributed by atoms with van der Waals surface area (Å²) in [6, 6.07) is 8.64. The minimum atomic E-state index is -1.74. The minimum absolute atomic E-state index is 0.519. The van der Waals surface area contributed by atoms with Crippen LogP contribution in [0.4, 0.5) is 0 Å². The summed E-state index contributed by atoms with van der Waals surface area (Å²) in [5.41, 5.74) is 2.43. The fourth-order valence-electron chi connectivity index (χ4n) is 3.58. The van der Waals surface area contributed by atoms with Crippen molar-refractivity contribution in [1.29, 1.82) is 0 Å². The van der Waals surface area contributed by atoms with E-state index in [4.69, 9.17) is 19.6 Å². The van der Waals surface area contributed by atoms with Crippen LogP contribution in [0, 0.1) is 0 Å². The Morgan fingerprint density at radius 2 is 0.806 bits per heavy atom. The van der Waals surface area contributed by atoms with E-state index in [-0.39, 0.29) is 0 Å². The van der Waals surface area contributed by atoms with E-state index in [2.05, 4.69) is 58.2 Å². The van der Waals surface area contributed by atoms with Gasteiger partial charge in [-0.3, -0.25) is 0 Å². The lowest BCUT2D eigenvalue weighted by Gasteiger charge is -2.03. The number of unbranched alkanes of at least 4 members (excludes halogenated alkanes) is 7. The molecule has 0 aromatic carbocycles. The molecular formula is C23H38N2O4P2+2. The molecule has 172 valence electrons. The third-order valence-corrected chi connectivity index (χ3v) is 6.85. The van der Waals surface area contributed by atoms with Crippen molar-refractivity contribution in [2.45, 2.75) is 70.9 Å². The van der Waals surface area contributed by atoms with Gasteiger partial charge in [-0.1, -0.05) is 19.3 Å². The summed E-state index contributed by atoms with van der Waals surface area (Å²) in [6.45, 7) is 1.98. The molecule has 4 N–H and O–H groups in total. The van der Waals surface area contributed by atoms with Gasteiger partial charge in [0.25, 0.3) is 0 Å². The summed E-state index contributed by atoms with van der Waals surface area (Å²) in [7, 11) is -3.44. The second-order valence-electron chi connectivity index (χ2n) is 8.02. The van der Waals surface area contributed by atoms with Crippen molar-refractivity contribution < 1.29 is 28.7 Å². The van der Waals surface area contributed by atoms with E-state index in [1.54, 1.807) is 0 Å². The normalized spacial score (nSPS) is 11.5. The Balaban J connectivity index is 1.64. The van der Waals surface area contributed by atoms with Gasteiger partial charge in [0.15, 0.2) is 41.5 Å². The van der Waals surface area contributed by atoms with Crippen molar-refractivity contribution in [3.63, 3.8) is 0 Å². The van der Waals surface area contributed by atoms with Gasteiger partial charge in [0.1, 0.15) is 13.1 Å². The first-order valence-electron chi connectivity index (χ1n) is 11.3. The lowest BCUT2D eigenvalue weighted by molar-refractivity contribution is -0.697. The molecule has 0 aliphatic heterocycles. The molecule has 0 unspecified atom stereocenters. The van der Waals surface area contributed by atoms with Gasteiger partial charge in [0.05, 0.1) is 0 Å². The lowest BCUT2D eigenvalue weighted by Crippen LogP contribution is -2.33. The third-order valence-electron chi connectivity index (χ3n) is 5.41. The zero-order chi connectivity index (χ0) is 22.3. The van der Waals surface area contributed by atoms with Gasteiger partial charge in [0.2, 0.25) is 0 Å². The summed E-state index contributed by atoms with van der Waals surface area (Å²) in [5, 5.41) is 0. The summed E-state index contributed by atoms with van der Waals surface area (Å²) in [4.78, 5) is 35.6. The first kappa shape index (κ1) is 26.3. The van der Waals surface area contributed by atoms with E-state index < -0.39 is 16.8 Å². The van der Waals surface area contributed by atoms with E-state index >= 15 is 0 Å². The van der Waals surface area contributed by atoms with Crippen molar-refractivity contribution in [3.8, 4) is 11.1 Å². The predicted octanol–water partition coefficient (Wildman–Crippen LogP) is 4.03. The maximum Gasteiger partial charge on any atom is 0.169 e. The van der Waals surface area contributed by atoms with Crippen molar-refractivity contribution in [2.24, 2.45) is 0 Å². The van der Waals surface area contributed by atoms with Crippen LogP contribution in [0.5, 0.6) is 0 Å². The van der Waals surface area contributed by atoms with E-state index in [0.29, 0.717) is 12.3 Å². The Hall–Kier alpha value is -1.00. The van der Waals surface area contributed by atoms with Gasteiger partial charge in [-0.05, 0) is 36.8 Å². The molecule has 0 spiro atoms. The summed E-state index contributed by atoms with van der Waals surface area (Å²) in [5.74, 6) is 0. The Kier molecular flexibility index (Phi) is 13.3. The smallest absolute Gasteiger partial charge is 0.169 e. The van der Waals surface area contributed by atoms with Crippen molar-refractivity contribution in [1.82, 2.24) is 0 Å². The van der Waals surface area contributed by atoms with E-state index in [0.717, 1.165) is 45.2 Å². The van der Waals surface area contributed by atoms with Crippen LogP contribution in [0.3, 0.4) is 0 Å². The average molecular weight is 469 g/mol. The molecule has 0 fully saturated rings. The monoisotopic (exact) mass is 468 g/mol. The highest BCUT2D eigenvalue weighted by atomic mass is 31.2. The molecule has 2 aromatic heterocycles. The van der Waals surface area contributed by atoms with Crippen LogP contribution in [0.15, 0.2) is 49.1 Å². The zero-order valence-corrected chi connectivity index (χ0v) is 20.2. The Morgan fingerprint density at radius 3 is 1.19 bits per heavy atom. The molecule has 6 nitrogen and oxygen atoms in total. The van der Waals surface area contributed by atoms with Gasteiger partial charge >= 0.3 is 0 Å². The molecule has 0 bridgehead atoms. The summed E-state index contributed by atoms with van der Waals surface area (Å²) >= 11 is 0. The molecule has 0 amide bonds. The summed E-state index contributed by atoms with van der Waals surface area (Å²) in [6.07, 6.45) is 19.3. The molecule has 0 aliphatic carbocycles. The van der Waals surface area contributed by atoms with E-state index in [1.165, 1.54) is 36.8 Å². The molecular weight excluding hydrogens is 430 g/mol. The van der Waals surface area contributed by atoms with E-state index in [9.17, 15) is 0 Å². The second kappa shape index (κ2) is 15.7. The third kappa shape index (κ3) is 12.0. The van der Waals surface area contributed by atoms with Gasteiger partial charge in [-0.25, -0.2) is 9.13 Å². The van der Waals surface area contributed by atoms with Gasteiger partial charge < -0.3 is 19.6 Å². The number of rotatable bonds is 16. The fourth-order valence-corrected chi connectivity index (χ4v) is 4.59. The van der Waals surface area contributed by atoms with Gasteiger partial charge in [-0.2, -0.15) is 0 Å². The molecule has 8 heteroatoms. The maximum absolute atomic E-state index is 8.93. The highest BCUT2D eigenvalue weighted by Crippen LogP contribution is 2.25. The van der Waals surface area contributed by atoms with Crippen LogP contribution >= 0.6 is 16.8 Å². The molecule has 0 radical (unpaired) electrons. The molecule has 2 heterocycles. The lowest BCUT2D eigenvalue weighted by atomic mass is 10.1. The summed E-state index contributed by atoms with van der Waals surface area (Å²) < 4.78 is 4.42. The average Bonchev–Trinajstić information content (AvgIpc) is 2.76. The van der Waals surface area contributed by atoms with Crippen molar-refractivity contribution in [3.05, 3.63) is 49.1 Å². The number of hydrogen-bond acceptors (Lipinski definition) is 4. The zero-order valence-electron chi connectivity index (χ0n) is 18.4. The van der Waals surface area contributed by atoms with Crippen molar-refractivity contribution >= 4 is 16.8 Å². The van der Waals surface area contributed by atoms with Gasteiger partial charge in [-0.15, -0.1) is 0 Å². The van der Waals surface area contributed by atoms with Crippen LogP contribution in [-0.2, 0) is 13.1 Å². The van der Waals surface area contributed by atoms with Gasteiger partial charge in [0, 0.05) is 49.4 Å². The van der Waals surface area contributed by atoms with Crippen LogP contribution in [-0.4, -0.2) is 31.9 Å². The van der Waals surface area contributed by atoms with Crippen LogP contribution < -0.4 is 9.13 Å². The van der Waals surface area contributed by atoms with Crippen LogP contribution in [0.25, 0.3) is 11.1 Å². The number of aryl methyl sites for hydroxylation is 2. The highest BCUT2D eigenvalue weighted by molar-refractivity contribution is 7.45. The number of hydrogen-bond donors (Lipinski definition) is 4. The number of nitrogens with zero attached hydrogens (tertiary/aromatic N) is 2. The maximum atomic E-state index is 8.93. The van der Waals surface area contributed by atoms with E-state index in [1.807, 2.05) is 0 Å². The second-order valence-corrected chi connectivity index (χ2v) is 10.4. The van der Waals surface area contributed by atoms with Crippen LogP contribution in [0.1, 0.15) is 57.8 Å². The molecule has 2 aromatic rings. The largest absolute Gasteiger partial charge is 0.350 e. The highest BCUT2D eigenvalue weighted by Gasteiger charge is 2.06. The molecule has 0 saturated carbocycles. The number of pyridine rings is 2. The molecule has 31 heavy (non-hydrogen) atoms. The first-order valence-corrected chi connectivity index (χ1v) is 14.2. The Morgan fingerprint density at radius 1 is 0.484 bits per heavy atom. The number of aromatic nitrogens is 2. The molecule has 2 rings (SSSR count). The molecule has 0 aliphatic rings. The first-order chi connectivity index (χ1) is 15.0. The van der Waals surface area contributed by atoms with Crippen molar-refractivity contribution in [2.75, 3.05) is 12.3 Å². The molecule has 0 saturated heterocycles. The Labute approximate surface area is 189 Å². The Bertz CT molecular complexity index is 713. The quantitative estimate of drug-likeness (QED) is 0.170. The fraction of sp³-hybridized carbons (Fsp3) is 0.565. The standard InChI is InChI=1S/C23H38N2O4P2/c26-30(27)20-8-4-2-1-3-6-14-24-16-10-22(11-17-24)23-12-18-25(19-13-23)15-7-5-9-21-31(28)29/h10-13,16-19,26-29H,1-9,14-15,20-21H2/q+2. The minimum Gasteiger partial charge on any atom is -0.350 e.